The van der Waals surface area contributed by atoms with E-state index in [2.05, 4.69) is 5.32 Å². The molecule has 0 bridgehead atoms. The Hall–Kier alpha value is -1.30. The third kappa shape index (κ3) is 3.62. The minimum atomic E-state index is -1.13. The maximum atomic E-state index is 11.9. The summed E-state index contributed by atoms with van der Waals surface area (Å²) in [6.45, 7) is 0.673. The quantitative estimate of drug-likeness (QED) is 0.894. The standard InChI is InChI=1S/C13H13Cl2NO4/c14-9-4-7(13(18)19)5-10(15)12(9)16-11(17)6-8-2-1-3-20-8/h4-5,8H,1-3,6H2,(H,16,17)(H,18,19). The lowest BCUT2D eigenvalue weighted by Gasteiger charge is -2.12. The van der Waals surface area contributed by atoms with E-state index in [0.717, 1.165) is 12.8 Å². The molecule has 1 fully saturated rings. The largest absolute Gasteiger partial charge is 0.478 e. The molecule has 20 heavy (non-hydrogen) atoms. The molecule has 1 aromatic rings. The van der Waals surface area contributed by atoms with Crippen molar-refractivity contribution < 1.29 is 19.4 Å². The van der Waals surface area contributed by atoms with Crippen molar-refractivity contribution in [2.45, 2.75) is 25.4 Å². The molecule has 108 valence electrons. The predicted molar refractivity (Wildman–Crippen MR) is 75.6 cm³/mol. The van der Waals surface area contributed by atoms with Crippen molar-refractivity contribution in [2.75, 3.05) is 11.9 Å². The highest BCUT2D eigenvalue weighted by molar-refractivity contribution is 6.40. The predicted octanol–water partition coefficient (Wildman–Crippen LogP) is 3.20. The molecular formula is C13H13Cl2NO4. The smallest absolute Gasteiger partial charge is 0.335 e. The van der Waals surface area contributed by atoms with Crippen molar-refractivity contribution in [3.05, 3.63) is 27.7 Å². The van der Waals surface area contributed by atoms with E-state index in [0.29, 0.717) is 6.61 Å². The highest BCUT2D eigenvalue weighted by Crippen LogP contribution is 2.32. The molecule has 1 aromatic carbocycles. The molecule has 0 saturated carbocycles. The van der Waals surface area contributed by atoms with Crippen LogP contribution >= 0.6 is 23.2 Å². The molecule has 1 saturated heterocycles. The molecule has 1 aliphatic rings. The van der Waals surface area contributed by atoms with Gasteiger partial charge >= 0.3 is 5.97 Å². The van der Waals surface area contributed by atoms with Gasteiger partial charge in [-0.2, -0.15) is 0 Å². The maximum Gasteiger partial charge on any atom is 0.335 e. The summed E-state index contributed by atoms with van der Waals surface area (Å²) in [4.78, 5) is 22.7. The van der Waals surface area contributed by atoms with E-state index in [1.165, 1.54) is 12.1 Å². The Morgan fingerprint density at radius 1 is 1.35 bits per heavy atom. The maximum absolute atomic E-state index is 11.9. The van der Waals surface area contributed by atoms with E-state index in [-0.39, 0.29) is 39.7 Å². The number of hydrogen-bond donors (Lipinski definition) is 2. The second kappa shape index (κ2) is 6.43. The van der Waals surface area contributed by atoms with Crippen LogP contribution in [-0.2, 0) is 9.53 Å². The van der Waals surface area contributed by atoms with Gasteiger partial charge in [0, 0.05) is 6.61 Å². The summed E-state index contributed by atoms with van der Waals surface area (Å²) in [7, 11) is 0. The first-order valence-corrected chi connectivity index (χ1v) is 6.86. The van der Waals surface area contributed by atoms with Crippen LogP contribution in [0.2, 0.25) is 10.0 Å². The fourth-order valence-electron chi connectivity index (χ4n) is 2.02. The number of carboxylic acids is 1. The molecule has 1 unspecified atom stereocenters. The summed E-state index contributed by atoms with van der Waals surface area (Å²) >= 11 is 11.9. The first-order valence-electron chi connectivity index (χ1n) is 6.11. The van der Waals surface area contributed by atoms with E-state index in [1.807, 2.05) is 0 Å². The molecule has 5 nitrogen and oxygen atoms in total. The number of anilines is 1. The van der Waals surface area contributed by atoms with Crippen LogP contribution < -0.4 is 5.32 Å². The first-order chi connectivity index (χ1) is 9.47. The normalized spacial score (nSPS) is 18.0. The summed E-state index contributed by atoms with van der Waals surface area (Å²) in [5.74, 6) is -1.39. The number of nitrogens with one attached hydrogen (secondary N) is 1. The van der Waals surface area contributed by atoms with Crippen molar-refractivity contribution >= 4 is 40.8 Å². The number of carbonyl (C=O) groups is 2. The fourth-order valence-corrected chi connectivity index (χ4v) is 2.60. The third-order valence-electron chi connectivity index (χ3n) is 2.99. The van der Waals surface area contributed by atoms with Crippen LogP contribution in [0, 0.1) is 0 Å². The lowest BCUT2D eigenvalue weighted by Crippen LogP contribution is -2.19. The molecule has 1 atom stereocenters. The lowest BCUT2D eigenvalue weighted by molar-refractivity contribution is -0.118. The van der Waals surface area contributed by atoms with Gasteiger partial charge in [0.25, 0.3) is 0 Å². The topological polar surface area (TPSA) is 75.6 Å². The van der Waals surface area contributed by atoms with Gasteiger partial charge in [-0.15, -0.1) is 0 Å². The van der Waals surface area contributed by atoms with Gasteiger partial charge in [-0.25, -0.2) is 4.79 Å². The number of aromatic carboxylic acids is 1. The van der Waals surface area contributed by atoms with Gasteiger partial charge in [0.1, 0.15) is 0 Å². The monoisotopic (exact) mass is 317 g/mol. The van der Waals surface area contributed by atoms with Crippen molar-refractivity contribution in [2.24, 2.45) is 0 Å². The van der Waals surface area contributed by atoms with E-state index >= 15 is 0 Å². The third-order valence-corrected chi connectivity index (χ3v) is 3.59. The molecule has 0 aromatic heterocycles. The first kappa shape index (κ1) is 15.1. The van der Waals surface area contributed by atoms with Crippen molar-refractivity contribution in [3.8, 4) is 0 Å². The molecule has 0 aliphatic carbocycles. The van der Waals surface area contributed by atoms with Gasteiger partial charge in [0.15, 0.2) is 0 Å². The molecule has 2 rings (SSSR count). The SMILES string of the molecule is O=C(CC1CCCO1)Nc1c(Cl)cc(C(=O)O)cc1Cl. The van der Waals surface area contributed by atoms with Gasteiger partial charge in [-0.3, -0.25) is 4.79 Å². The highest BCUT2D eigenvalue weighted by Gasteiger charge is 2.20. The van der Waals surface area contributed by atoms with Crippen LogP contribution in [0.15, 0.2) is 12.1 Å². The number of benzene rings is 1. The number of rotatable bonds is 4. The number of carboxylic acid groups (broad SMARTS) is 1. The van der Waals surface area contributed by atoms with Gasteiger partial charge in [-0.1, -0.05) is 23.2 Å². The molecule has 0 spiro atoms. The zero-order valence-electron chi connectivity index (χ0n) is 10.5. The molecule has 7 heteroatoms. The summed E-state index contributed by atoms with van der Waals surface area (Å²) in [6.07, 6.45) is 1.96. The number of carbonyl (C=O) groups excluding carboxylic acids is 1. The molecule has 1 aliphatic heterocycles. The summed E-state index contributed by atoms with van der Waals surface area (Å²) in [6, 6.07) is 2.49. The average Bonchev–Trinajstić information content (AvgIpc) is 2.86. The van der Waals surface area contributed by atoms with Gasteiger partial charge < -0.3 is 15.2 Å². The van der Waals surface area contributed by atoms with Crippen LogP contribution in [-0.4, -0.2) is 29.7 Å². The van der Waals surface area contributed by atoms with E-state index in [9.17, 15) is 9.59 Å². The molecular weight excluding hydrogens is 305 g/mol. The molecule has 0 radical (unpaired) electrons. The highest BCUT2D eigenvalue weighted by atomic mass is 35.5. The van der Waals surface area contributed by atoms with Gasteiger partial charge in [0.05, 0.1) is 33.8 Å². The van der Waals surface area contributed by atoms with E-state index < -0.39 is 5.97 Å². The van der Waals surface area contributed by atoms with Crippen LogP contribution in [0.4, 0.5) is 5.69 Å². The zero-order valence-corrected chi connectivity index (χ0v) is 12.0. The zero-order chi connectivity index (χ0) is 14.7. The number of ether oxygens (including phenoxy) is 1. The van der Waals surface area contributed by atoms with Crippen molar-refractivity contribution in [3.63, 3.8) is 0 Å². The molecule has 2 N–H and O–H groups in total. The Morgan fingerprint density at radius 2 is 2.00 bits per heavy atom. The van der Waals surface area contributed by atoms with E-state index in [1.54, 1.807) is 0 Å². The molecule has 1 amide bonds. The van der Waals surface area contributed by atoms with E-state index in [4.69, 9.17) is 33.0 Å². The Labute approximate surface area is 125 Å². The fraction of sp³-hybridized carbons (Fsp3) is 0.385. The minimum Gasteiger partial charge on any atom is -0.478 e. The summed E-state index contributed by atoms with van der Waals surface area (Å²) in [5.41, 5.74) is 0.193. The average molecular weight is 318 g/mol. The number of hydrogen-bond acceptors (Lipinski definition) is 3. The minimum absolute atomic E-state index is 0.0304. The van der Waals surface area contributed by atoms with Crippen molar-refractivity contribution in [1.82, 2.24) is 0 Å². The second-order valence-electron chi connectivity index (χ2n) is 4.51. The van der Waals surface area contributed by atoms with Gasteiger partial charge in [0.2, 0.25) is 5.91 Å². The summed E-state index contributed by atoms with van der Waals surface area (Å²) < 4.78 is 5.37. The van der Waals surface area contributed by atoms with Crippen LogP contribution in [0.3, 0.4) is 0 Å². The Balaban J connectivity index is 2.08. The number of halogens is 2. The summed E-state index contributed by atoms with van der Waals surface area (Å²) in [5, 5.41) is 11.7. The Bertz CT molecular complexity index is 518. The Morgan fingerprint density at radius 3 is 2.50 bits per heavy atom. The lowest BCUT2D eigenvalue weighted by atomic mass is 10.1. The van der Waals surface area contributed by atoms with Gasteiger partial charge in [-0.05, 0) is 25.0 Å². The van der Waals surface area contributed by atoms with Crippen LogP contribution in [0.1, 0.15) is 29.6 Å². The second-order valence-corrected chi connectivity index (χ2v) is 5.32. The van der Waals surface area contributed by atoms with Crippen LogP contribution in [0.25, 0.3) is 0 Å². The Kier molecular flexibility index (Phi) is 4.86. The van der Waals surface area contributed by atoms with Crippen molar-refractivity contribution in [1.29, 1.82) is 0 Å². The van der Waals surface area contributed by atoms with Crippen LogP contribution in [0.5, 0.6) is 0 Å². The number of amides is 1. The molecule has 1 heterocycles.